The monoisotopic (exact) mass is 284 g/mol. The Bertz CT molecular complexity index is 351. The summed E-state index contributed by atoms with van der Waals surface area (Å²) in [6.45, 7) is 3.49. The molecule has 1 aliphatic heterocycles. The van der Waals surface area contributed by atoms with Gasteiger partial charge in [0.2, 0.25) is 0 Å². The summed E-state index contributed by atoms with van der Waals surface area (Å²) in [6.07, 6.45) is -2.84. The summed E-state index contributed by atoms with van der Waals surface area (Å²) in [6, 6.07) is 0. The van der Waals surface area contributed by atoms with Crippen molar-refractivity contribution in [3.63, 3.8) is 0 Å². The first kappa shape index (κ1) is 15.0. The Balaban J connectivity index is 1.92. The number of hydrogen-bond acceptors (Lipinski definition) is 3. The van der Waals surface area contributed by atoms with Crippen LogP contribution in [0.5, 0.6) is 0 Å². The van der Waals surface area contributed by atoms with E-state index in [0.717, 1.165) is 6.42 Å². The lowest BCUT2D eigenvalue weighted by Crippen LogP contribution is -2.78. The molecule has 0 amide bonds. The van der Waals surface area contributed by atoms with Gasteiger partial charge in [-0.25, -0.2) is 8.78 Å². The number of nitrogens with two attached hydrogens (primary N) is 1. The van der Waals surface area contributed by atoms with Crippen molar-refractivity contribution >= 4 is 0 Å². The van der Waals surface area contributed by atoms with Gasteiger partial charge in [0, 0.05) is 30.0 Å². The third-order valence-electron chi connectivity index (χ3n) is 4.76. The Morgan fingerprint density at radius 3 is 2.63 bits per heavy atom. The molecular formula is C12H20F4N2O. The molecule has 1 saturated heterocycles. The molecule has 3 N–H and O–H groups in total. The van der Waals surface area contributed by atoms with Crippen molar-refractivity contribution in [2.24, 2.45) is 17.1 Å². The molecule has 112 valence electrons. The highest BCUT2D eigenvalue weighted by atomic mass is 19.3. The largest absolute Gasteiger partial charge is 0.377 e. The summed E-state index contributed by atoms with van der Waals surface area (Å²) >= 11 is 0. The number of ether oxygens (including phenoxy) is 1. The summed E-state index contributed by atoms with van der Waals surface area (Å²) < 4.78 is 55.3. The third-order valence-corrected chi connectivity index (χ3v) is 4.76. The Hall–Kier alpha value is -0.400. The molecule has 2 fully saturated rings. The molecule has 3 nitrogen and oxygen atoms in total. The van der Waals surface area contributed by atoms with Crippen molar-refractivity contribution in [1.29, 1.82) is 0 Å². The van der Waals surface area contributed by atoms with Gasteiger partial charge in [-0.2, -0.15) is 8.78 Å². The number of hydrogen-bond donors (Lipinski definition) is 2. The van der Waals surface area contributed by atoms with Crippen LogP contribution in [0.2, 0.25) is 0 Å². The zero-order valence-corrected chi connectivity index (χ0v) is 11.1. The van der Waals surface area contributed by atoms with Crippen LogP contribution < -0.4 is 11.1 Å². The highest BCUT2D eigenvalue weighted by Crippen LogP contribution is 2.57. The molecule has 0 radical (unpaired) electrons. The molecule has 1 heterocycles. The molecule has 2 aliphatic rings. The number of halogens is 4. The van der Waals surface area contributed by atoms with E-state index in [1.165, 1.54) is 0 Å². The SMILES string of the molecule is CC1(C)C2OCCC2C1(N)CNCC(F)(F)C(F)F. The highest BCUT2D eigenvalue weighted by molar-refractivity contribution is 5.21. The average molecular weight is 284 g/mol. The Kier molecular flexibility index (Phi) is 3.60. The Morgan fingerprint density at radius 2 is 2.05 bits per heavy atom. The predicted octanol–water partition coefficient (Wildman–Crippen LogP) is 1.62. The number of nitrogens with one attached hydrogen (secondary N) is 1. The average Bonchev–Trinajstić information content (AvgIpc) is 2.76. The van der Waals surface area contributed by atoms with E-state index in [0.29, 0.717) is 6.61 Å². The molecule has 0 aromatic carbocycles. The van der Waals surface area contributed by atoms with Gasteiger partial charge in [0.15, 0.2) is 0 Å². The van der Waals surface area contributed by atoms with Gasteiger partial charge >= 0.3 is 12.3 Å². The van der Waals surface area contributed by atoms with Crippen molar-refractivity contribution < 1.29 is 22.3 Å². The Morgan fingerprint density at radius 1 is 1.42 bits per heavy atom. The first-order valence-corrected chi connectivity index (χ1v) is 6.40. The van der Waals surface area contributed by atoms with E-state index in [1.54, 1.807) is 0 Å². The maximum Gasteiger partial charge on any atom is 0.319 e. The van der Waals surface area contributed by atoms with Crippen molar-refractivity contribution in [3.8, 4) is 0 Å². The van der Waals surface area contributed by atoms with Crippen LogP contribution in [0.15, 0.2) is 0 Å². The van der Waals surface area contributed by atoms with Gasteiger partial charge in [-0.15, -0.1) is 0 Å². The van der Waals surface area contributed by atoms with Gasteiger partial charge in [0.25, 0.3) is 0 Å². The fraction of sp³-hybridized carbons (Fsp3) is 1.00. The van der Waals surface area contributed by atoms with Crippen LogP contribution in [0.3, 0.4) is 0 Å². The number of fused-ring (bicyclic) bond motifs is 1. The molecule has 0 aromatic heterocycles. The van der Waals surface area contributed by atoms with Crippen molar-refractivity contribution in [3.05, 3.63) is 0 Å². The minimum absolute atomic E-state index is 0.0370. The number of alkyl halides is 4. The van der Waals surface area contributed by atoms with Gasteiger partial charge in [-0.05, 0) is 6.42 Å². The van der Waals surface area contributed by atoms with E-state index in [4.69, 9.17) is 10.5 Å². The van der Waals surface area contributed by atoms with Crippen LogP contribution in [0.25, 0.3) is 0 Å². The van der Waals surface area contributed by atoms with Gasteiger partial charge < -0.3 is 15.8 Å². The minimum Gasteiger partial charge on any atom is -0.377 e. The molecule has 1 aliphatic carbocycles. The second kappa shape index (κ2) is 4.56. The molecule has 3 unspecified atom stereocenters. The van der Waals surface area contributed by atoms with Crippen LogP contribution in [0.1, 0.15) is 20.3 Å². The highest BCUT2D eigenvalue weighted by Gasteiger charge is 2.67. The van der Waals surface area contributed by atoms with Crippen LogP contribution in [0, 0.1) is 11.3 Å². The minimum atomic E-state index is -4.02. The first-order chi connectivity index (χ1) is 8.63. The molecule has 2 rings (SSSR count). The maximum atomic E-state index is 12.8. The second-order valence-electron chi connectivity index (χ2n) is 6.11. The van der Waals surface area contributed by atoms with Crippen molar-refractivity contribution in [1.82, 2.24) is 5.32 Å². The zero-order valence-electron chi connectivity index (χ0n) is 11.1. The molecule has 0 bridgehead atoms. The second-order valence-corrected chi connectivity index (χ2v) is 6.11. The van der Waals surface area contributed by atoms with Crippen LogP contribution in [-0.4, -0.2) is 43.7 Å². The van der Waals surface area contributed by atoms with E-state index in [1.807, 2.05) is 13.8 Å². The van der Waals surface area contributed by atoms with Gasteiger partial charge in [-0.3, -0.25) is 0 Å². The van der Waals surface area contributed by atoms with Crippen molar-refractivity contribution in [2.75, 3.05) is 19.7 Å². The molecule has 0 spiro atoms. The number of rotatable bonds is 5. The summed E-state index contributed by atoms with van der Waals surface area (Å²) in [7, 11) is 0. The zero-order chi connectivity index (χ0) is 14.5. The molecule has 3 atom stereocenters. The third kappa shape index (κ3) is 2.15. The van der Waals surface area contributed by atoms with Crippen molar-refractivity contribution in [2.45, 2.75) is 44.3 Å². The maximum absolute atomic E-state index is 12.8. The van der Waals surface area contributed by atoms with Crippen LogP contribution >= 0.6 is 0 Å². The fourth-order valence-corrected chi connectivity index (χ4v) is 3.35. The van der Waals surface area contributed by atoms with Crippen LogP contribution in [-0.2, 0) is 4.74 Å². The Labute approximate surface area is 109 Å². The summed E-state index contributed by atoms with van der Waals surface area (Å²) in [5.41, 5.74) is 5.26. The lowest BCUT2D eigenvalue weighted by molar-refractivity contribution is -0.158. The van der Waals surface area contributed by atoms with Gasteiger partial charge in [0.1, 0.15) is 0 Å². The smallest absolute Gasteiger partial charge is 0.319 e. The van der Waals surface area contributed by atoms with E-state index >= 15 is 0 Å². The first-order valence-electron chi connectivity index (χ1n) is 6.40. The standard InChI is InChI=1S/C12H20F4N2O/c1-10(2)8-7(3-4-19-8)11(10,17)5-18-6-12(15,16)9(13)14/h7-9,18H,3-6,17H2,1-2H3. The van der Waals surface area contributed by atoms with E-state index in [-0.39, 0.29) is 24.0 Å². The summed E-state index contributed by atoms with van der Waals surface area (Å²) in [5.74, 6) is -3.91. The molecule has 7 heteroatoms. The fourth-order valence-electron chi connectivity index (χ4n) is 3.35. The lowest BCUT2D eigenvalue weighted by atomic mass is 9.48. The van der Waals surface area contributed by atoms with Crippen LogP contribution in [0.4, 0.5) is 17.6 Å². The topological polar surface area (TPSA) is 47.3 Å². The molecule has 0 aromatic rings. The van der Waals surface area contributed by atoms with Gasteiger partial charge in [-0.1, -0.05) is 13.8 Å². The molecular weight excluding hydrogens is 264 g/mol. The lowest BCUT2D eigenvalue weighted by Gasteiger charge is -2.62. The van der Waals surface area contributed by atoms with Gasteiger partial charge in [0.05, 0.1) is 12.6 Å². The van der Waals surface area contributed by atoms with E-state index < -0.39 is 24.4 Å². The van der Waals surface area contributed by atoms with E-state index in [2.05, 4.69) is 5.32 Å². The quantitative estimate of drug-likeness (QED) is 0.754. The normalized spacial score (nSPS) is 37.3. The molecule has 1 saturated carbocycles. The summed E-state index contributed by atoms with van der Waals surface area (Å²) in [4.78, 5) is 0. The van der Waals surface area contributed by atoms with E-state index in [9.17, 15) is 17.6 Å². The summed E-state index contributed by atoms with van der Waals surface area (Å²) in [5, 5.41) is 2.41. The molecule has 19 heavy (non-hydrogen) atoms. The predicted molar refractivity (Wildman–Crippen MR) is 62.4 cm³/mol.